The Hall–Kier alpha value is -0.800. The predicted octanol–water partition coefficient (Wildman–Crippen LogP) is 2.30. The van der Waals surface area contributed by atoms with E-state index in [1.807, 2.05) is 6.07 Å². The minimum Gasteiger partial charge on any atom is -0.467 e. The van der Waals surface area contributed by atoms with Crippen LogP contribution < -0.4 is 5.73 Å². The predicted molar refractivity (Wildman–Crippen MR) is 55.7 cm³/mol. The highest BCUT2D eigenvalue weighted by atomic mass is 16.5. The van der Waals surface area contributed by atoms with Gasteiger partial charge < -0.3 is 14.9 Å². The van der Waals surface area contributed by atoms with Crippen molar-refractivity contribution in [1.82, 2.24) is 0 Å². The Morgan fingerprint density at radius 3 is 2.93 bits per heavy atom. The van der Waals surface area contributed by atoms with Crippen LogP contribution in [0.1, 0.15) is 31.6 Å². The summed E-state index contributed by atoms with van der Waals surface area (Å²) >= 11 is 0. The van der Waals surface area contributed by atoms with E-state index in [0.29, 0.717) is 19.1 Å². The molecule has 0 atom stereocenters. The van der Waals surface area contributed by atoms with Gasteiger partial charge in [-0.2, -0.15) is 0 Å². The summed E-state index contributed by atoms with van der Waals surface area (Å²) in [5, 5.41) is 0. The summed E-state index contributed by atoms with van der Waals surface area (Å²) in [6, 6.07) is 1.89. The number of nitrogens with two attached hydrogens (primary N) is 1. The molecule has 14 heavy (non-hydrogen) atoms. The molecule has 0 aromatic carbocycles. The van der Waals surface area contributed by atoms with Crippen molar-refractivity contribution in [3.8, 4) is 0 Å². The van der Waals surface area contributed by atoms with Gasteiger partial charge in [0.25, 0.3) is 0 Å². The number of furan rings is 1. The van der Waals surface area contributed by atoms with Crippen molar-refractivity contribution >= 4 is 0 Å². The second-order valence-corrected chi connectivity index (χ2v) is 3.81. The first kappa shape index (κ1) is 11.3. The fourth-order valence-electron chi connectivity index (χ4n) is 1.16. The zero-order valence-corrected chi connectivity index (χ0v) is 8.95. The summed E-state index contributed by atoms with van der Waals surface area (Å²) in [7, 11) is 0. The zero-order chi connectivity index (χ0) is 10.4. The average Bonchev–Trinajstić information content (AvgIpc) is 2.59. The maximum absolute atomic E-state index is 5.53. The molecular formula is C11H19NO2. The Labute approximate surface area is 85.2 Å². The molecular weight excluding hydrogens is 178 g/mol. The first-order valence-electron chi connectivity index (χ1n) is 5.07. The lowest BCUT2D eigenvalue weighted by Crippen LogP contribution is -2.02. The molecule has 0 spiro atoms. The molecule has 2 N–H and O–H groups in total. The maximum atomic E-state index is 5.53. The highest BCUT2D eigenvalue weighted by Gasteiger charge is 2.04. The van der Waals surface area contributed by atoms with E-state index in [-0.39, 0.29) is 0 Å². The van der Waals surface area contributed by atoms with Crippen LogP contribution in [0.5, 0.6) is 0 Å². The monoisotopic (exact) mass is 197 g/mol. The van der Waals surface area contributed by atoms with Crippen LogP contribution in [-0.4, -0.2) is 6.61 Å². The third-order valence-corrected chi connectivity index (χ3v) is 2.13. The van der Waals surface area contributed by atoms with Crippen LogP contribution in [0.25, 0.3) is 0 Å². The lowest BCUT2D eigenvalue weighted by atomic mass is 10.1. The molecule has 1 rings (SSSR count). The normalized spacial score (nSPS) is 11.1. The van der Waals surface area contributed by atoms with Crippen molar-refractivity contribution in [2.45, 2.75) is 33.4 Å². The van der Waals surface area contributed by atoms with Gasteiger partial charge in [-0.15, -0.1) is 0 Å². The quantitative estimate of drug-likeness (QED) is 0.712. The van der Waals surface area contributed by atoms with E-state index in [1.54, 1.807) is 6.26 Å². The van der Waals surface area contributed by atoms with Crippen molar-refractivity contribution in [2.75, 3.05) is 6.61 Å². The van der Waals surface area contributed by atoms with E-state index in [4.69, 9.17) is 14.9 Å². The number of rotatable bonds is 6. The molecule has 0 amide bonds. The lowest BCUT2D eigenvalue weighted by molar-refractivity contribution is 0.0963. The summed E-state index contributed by atoms with van der Waals surface area (Å²) in [6.07, 6.45) is 2.74. The molecule has 0 aliphatic heterocycles. The van der Waals surface area contributed by atoms with Gasteiger partial charge in [0.05, 0.1) is 6.26 Å². The van der Waals surface area contributed by atoms with Crippen LogP contribution in [-0.2, 0) is 17.9 Å². The second-order valence-electron chi connectivity index (χ2n) is 3.81. The molecule has 3 nitrogen and oxygen atoms in total. The largest absolute Gasteiger partial charge is 0.467 e. The Morgan fingerprint density at radius 1 is 1.50 bits per heavy atom. The van der Waals surface area contributed by atoms with Gasteiger partial charge >= 0.3 is 0 Å². The van der Waals surface area contributed by atoms with Crippen LogP contribution in [0.3, 0.4) is 0 Å². The maximum Gasteiger partial charge on any atom is 0.133 e. The Morgan fingerprint density at radius 2 is 2.29 bits per heavy atom. The standard InChI is InChI=1S/C11H19NO2/c1-9(2)3-5-13-8-11-10(7-12)4-6-14-11/h4,6,9H,3,5,7-8,12H2,1-2H3. The topological polar surface area (TPSA) is 48.4 Å². The molecule has 1 aromatic rings. The Balaban J connectivity index is 2.24. The third kappa shape index (κ3) is 3.52. The summed E-state index contributed by atoms with van der Waals surface area (Å²) in [6.45, 7) is 6.19. The summed E-state index contributed by atoms with van der Waals surface area (Å²) in [5.41, 5.74) is 6.57. The van der Waals surface area contributed by atoms with Gasteiger partial charge in [-0.05, 0) is 18.4 Å². The molecule has 3 heteroatoms. The molecule has 1 aromatic heterocycles. The molecule has 0 aliphatic carbocycles. The molecule has 0 radical (unpaired) electrons. The minimum atomic E-state index is 0.513. The highest BCUT2D eigenvalue weighted by Crippen LogP contribution is 2.11. The van der Waals surface area contributed by atoms with E-state index >= 15 is 0 Å². The van der Waals surface area contributed by atoms with Crippen LogP contribution >= 0.6 is 0 Å². The fourth-order valence-corrected chi connectivity index (χ4v) is 1.16. The van der Waals surface area contributed by atoms with Gasteiger partial charge in [0, 0.05) is 18.7 Å². The molecule has 0 aliphatic rings. The fraction of sp³-hybridized carbons (Fsp3) is 0.636. The Kier molecular flexibility index (Phi) is 4.70. The van der Waals surface area contributed by atoms with E-state index in [2.05, 4.69) is 13.8 Å². The second kappa shape index (κ2) is 5.83. The van der Waals surface area contributed by atoms with Crippen molar-refractivity contribution < 1.29 is 9.15 Å². The lowest BCUT2D eigenvalue weighted by Gasteiger charge is -2.05. The van der Waals surface area contributed by atoms with Gasteiger partial charge in [0.1, 0.15) is 12.4 Å². The van der Waals surface area contributed by atoms with Crippen molar-refractivity contribution in [3.63, 3.8) is 0 Å². The summed E-state index contributed by atoms with van der Waals surface area (Å²) < 4.78 is 10.7. The van der Waals surface area contributed by atoms with Crippen molar-refractivity contribution in [1.29, 1.82) is 0 Å². The van der Waals surface area contributed by atoms with Gasteiger partial charge in [-0.25, -0.2) is 0 Å². The van der Waals surface area contributed by atoms with Crippen LogP contribution in [0, 0.1) is 5.92 Å². The zero-order valence-electron chi connectivity index (χ0n) is 8.95. The van der Waals surface area contributed by atoms with E-state index in [9.17, 15) is 0 Å². The first-order chi connectivity index (χ1) is 6.74. The van der Waals surface area contributed by atoms with E-state index in [0.717, 1.165) is 24.4 Å². The molecule has 0 fully saturated rings. The van der Waals surface area contributed by atoms with Gasteiger partial charge in [-0.1, -0.05) is 13.8 Å². The minimum absolute atomic E-state index is 0.513. The molecule has 80 valence electrons. The van der Waals surface area contributed by atoms with E-state index < -0.39 is 0 Å². The molecule has 0 saturated heterocycles. The molecule has 0 saturated carbocycles. The van der Waals surface area contributed by atoms with Gasteiger partial charge in [0.15, 0.2) is 0 Å². The number of hydrogen-bond acceptors (Lipinski definition) is 3. The summed E-state index contributed by atoms with van der Waals surface area (Å²) in [4.78, 5) is 0. The highest BCUT2D eigenvalue weighted by molar-refractivity contribution is 5.15. The van der Waals surface area contributed by atoms with Crippen LogP contribution in [0.2, 0.25) is 0 Å². The SMILES string of the molecule is CC(C)CCOCc1occc1CN. The molecule has 1 heterocycles. The summed E-state index contributed by atoms with van der Waals surface area (Å²) in [5.74, 6) is 1.54. The first-order valence-corrected chi connectivity index (χ1v) is 5.07. The van der Waals surface area contributed by atoms with Crippen molar-refractivity contribution in [3.05, 3.63) is 23.7 Å². The average molecular weight is 197 g/mol. The van der Waals surface area contributed by atoms with Crippen molar-refractivity contribution in [2.24, 2.45) is 11.7 Å². The van der Waals surface area contributed by atoms with Crippen LogP contribution in [0.15, 0.2) is 16.7 Å². The molecule has 0 bridgehead atoms. The van der Waals surface area contributed by atoms with Crippen LogP contribution in [0.4, 0.5) is 0 Å². The molecule has 0 unspecified atom stereocenters. The van der Waals surface area contributed by atoms with Gasteiger partial charge in [0.2, 0.25) is 0 Å². The van der Waals surface area contributed by atoms with E-state index in [1.165, 1.54) is 0 Å². The number of hydrogen-bond donors (Lipinski definition) is 1. The Bertz CT molecular complexity index is 256. The van der Waals surface area contributed by atoms with Gasteiger partial charge in [-0.3, -0.25) is 0 Å². The third-order valence-electron chi connectivity index (χ3n) is 2.13. The smallest absolute Gasteiger partial charge is 0.133 e. The number of ether oxygens (including phenoxy) is 1.